The largest absolute Gasteiger partial charge is 0.383 e. The molecule has 0 bridgehead atoms. The second-order valence-corrected chi connectivity index (χ2v) is 15.5. The highest BCUT2D eigenvalue weighted by atomic mass is 32.1. The molecule has 0 aliphatic rings. The van der Waals surface area contributed by atoms with E-state index in [0.717, 1.165) is 22.4 Å². The number of hydrogen-bond acceptors (Lipinski definition) is 2. The molecule has 10 aromatic rings. The van der Waals surface area contributed by atoms with Gasteiger partial charge < -0.3 is 5.73 Å². The highest BCUT2D eigenvalue weighted by Crippen LogP contribution is 2.46. The van der Waals surface area contributed by atoms with Crippen LogP contribution in [0.3, 0.4) is 0 Å². The van der Waals surface area contributed by atoms with Gasteiger partial charge in [-0.15, -0.1) is 11.3 Å². The summed E-state index contributed by atoms with van der Waals surface area (Å²) in [6, 6.07) is 71.6. The van der Waals surface area contributed by atoms with Crippen molar-refractivity contribution in [2.24, 2.45) is 10.7 Å². The van der Waals surface area contributed by atoms with Crippen molar-refractivity contribution < 1.29 is 0 Å². The first-order valence-corrected chi connectivity index (χ1v) is 20.2. The van der Waals surface area contributed by atoms with Crippen LogP contribution in [-0.2, 0) is 6.42 Å². The predicted molar refractivity (Wildman–Crippen MR) is 246 cm³/mol. The van der Waals surface area contributed by atoms with E-state index in [-0.39, 0.29) is 0 Å². The van der Waals surface area contributed by atoms with E-state index in [0.29, 0.717) is 12.3 Å². The fourth-order valence-corrected chi connectivity index (χ4v) is 9.25. The number of rotatable bonds is 8. The van der Waals surface area contributed by atoms with Gasteiger partial charge in [0.2, 0.25) is 0 Å². The lowest BCUT2D eigenvalue weighted by atomic mass is 9.84. The molecule has 9 aromatic carbocycles. The van der Waals surface area contributed by atoms with Crippen LogP contribution in [0.15, 0.2) is 211 Å². The van der Waals surface area contributed by atoms with Gasteiger partial charge in [-0.1, -0.05) is 194 Å². The van der Waals surface area contributed by atoms with Crippen molar-refractivity contribution in [2.45, 2.75) is 6.42 Å². The number of nitrogens with zero attached hydrogens (tertiary/aromatic N) is 1. The van der Waals surface area contributed by atoms with E-state index in [2.05, 4.69) is 176 Å². The Hall–Kier alpha value is -7.07. The van der Waals surface area contributed by atoms with E-state index in [4.69, 9.17) is 10.7 Å². The van der Waals surface area contributed by atoms with E-state index in [1.54, 1.807) is 0 Å². The Morgan fingerprint density at radius 3 is 1.88 bits per heavy atom. The number of allylic oxidation sites excluding steroid dienone is 1. The molecule has 57 heavy (non-hydrogen) atoms. The summed E-state index contributed by atoms with van der Waals surface area (Å²) in [4.78, 5) is 6.36. The predicted octanol–water partition coefficient (Wildman–Crippen LogP) is 14.4. The van der Waals surface area contributed by atoms with Crippen LogP contribution in [0.5, 0.6) is 0 Å². The lowest BCUT2D eigenvalue weighted by Crippen LogP contribution is -2.13. The van der Waals surface area contributed by atoms with Gasteiger partial charge in [0, 0.05) is 15.1 Å². The Bertz CT molecular complexity index is 3100. The van der Waals surface area contributed by atoms with Crippen LogP contribution in [0.1, 0.15) is 16.7 Å². The highest BCUT2D eigenvalue weighted by molar-refractivity contribution is 7.22. The van der Waals surface area contributed by atoms with Gasteiger partial charge in [0.25, 0.3) is 0 Å². The Balaban J connectivity index is 1.10. The summed E-state index contributed by atoms with van der Waals surface area (Å²) in [5.41, 5.74) is 16.8. The number of thiophene rings is 1. The quantitative estimate of drug-likeness (QED) is 0.0715. The fourth-order valence-electron chi connectivity index (χ4n) is 8.19. The maximum atomic E-state index is 6.71. The molecular formula is C54H38N2S. The zero-order chi connectivity index (χ0) is 38.1. The van der Waals surface area contributed by atoms with Gasteiger partial charge in [0.05, 0.1) is 5.70 Å². The standard InChI is InChI=1S/C54H38N2S/c55-54(41-18-5-2-6-19-41)56-48(33-26-36-14-13-21-42(34-36)50-35-43-20-8-12-25-49(43)57-50)38-27-29-40(30-28-38)52-46-24-11-10-23-45(46)51(39-16-3-1-4-17-39)47-32-31-37-15-7-9-22-44(37)53(47)52/h1-25,27-35H,26H2,(H2,55,56)/b48-33-. The van der Waals surface area contributed by atoms with Crippen LogP contribution >= 0.6 is 11.3 Å². The normalized spacial score (nSPS) is 12.2. The third-order valence-corrected chi connectivity index (χ3v) is 12.1. The second-order valence-electron chi connectivity index (χ2n) is 14.5. The van der Waals surface area contributed by atoms with Gasteiger partial charge in [-0.05, 0) is 95.2 Å². The Kier molecular flexibility index (Phi) is 8.98. The minimum Gasteiger partial charge on any atom is -0.383 e. The summed E-state index contributed by atoms with van der Waals surface area (Å²) in [7, 11) is 0. The van der Waals surface area contributed by atoms with Crippen molar-refractivity contribution >= 4 is 65.3 Å². The molecule has 0 fully saturated rings. The zero-order valence-electron chi connectivity index (χ0n) is 31.3. The summed E-state index contributed by atoms with van der Waals surface area (Å²) < 4.78 is 1.30. The molecule has 1 aromatic heterocycles. The first-order chi connectivity index (χ1) is 28.2. The van der Waals surface area contributed by atoms with Gasteiger partial charge in [-0.3, -0.25) is 0 Å². The van der Waals surface area contributed by atoms with Crippen LogP contribution in [0.2, 0.25) is 0 Å². The molecule has 270 valence electrons. The maximum absolute atomic E-state index is 6.71. The number of benzene rings is 9. The van der Waals surface area contributed by atoms with Crippen molar-refractivity contribution in [3.05, 3.63) is 223 Å². The third kappa shape index (κ3) is 6.58. The second kappa shape index (κ2) is 14.9. The van der Waals surface area contributed by atoms with Crippen molar-refractivity contribution in [3.63, 3.8) is 0 Å². The van der Waals surface area contributed by atoms with Crippen LogP contribution in [-0.4, -0.2) is 5.84 Å². The van der Waals surface area contributed by atoms with Crippen molar-refractivity contribution in [1.82, 2.24) is 0 Å². The van der Waals surface area contributed by atoms with E-state index in [1.165, 1.54) is 75.1 Å². The molecular weight excluding hydrogens is 709 g/mol. The summed E-state index contributed by atoms with van der Waals surface area (Å²) in [6.45, 7) is 0. The van der Waals surface area contributed by atoms with Crippen LogP contribution in [0.4, 0.5) is 0 Å². The third-order valence-electron chi connectivity index (χ3n) is 10.9. The number of fused-ring (bicyclic) bond motifs is 5. The Morgan fingerprint density at radius 2 is 1.11 bits per heavy atom. The molecule has 2 N–H and O–H groups in total. The molecule has 0 radical (unpaired) electrons. The fraction of sp³-hybridized carbons (Fsp3) is 0.0185. The number of aliphatic imine (C=N–C) groups is 1. The summed E-state index contributed by atoms with van der Waals surface area (Å²) >= 11 is 1.83. The van der Waals surface area contributed by atoms with Crippen LogP contribution in [0.25, 0.3) is 80.8 Å². The Morgan fingerprint density at radius 1 is 0.474 bits per heavy atom. The topological polar surface area (TPSA) is 38.4 Å². The SMILES string of the molecule is NC(=N/C(=C\Cc1cccc(-c2cc3ccccc3s2)c1)c1ccc(-c2c3ccccc3c(-c3ccccc3)c3ccc4ccccc4c23)cc1)c1ccccc1. The van der Waals surface area contributed by atoms with Crippen molar-refractivity contribution in [3.8, 4) is 32.7 Å². The van der Waals surface area contributed by atoms with Gasteiger partial charge in [0.1, 0.15) is 5.84 Å². The van der Waals surface area contributed by atoms with Crippen LogP contribution in [0, 0.1) is 0 Å². The smallest absolute Gasteiger partial charge is 0.131 e. The molecule has 0 aliphatic heterocycles. The molecule has 2 nitrogen and oxygen atoms in total. The number of hydrogen-bond donors (Lipinski definition) is 1. The van der Waals surface area contributed by atoms with E-state index >= 15 is 0 Å². The molecule has 10 rings (SSSR count). The molecule has 0 saturated carbocycles. The monoisotopic (exact) mass is 746 g/mol. The average Bonchev–Trinajstić information content (AvgIpc) is 3.72. The van der Waals surface area contributed by atoms with Crippen LogP contribution < -0.4 is 5.73 Å². The summed E-state index contributed by atoms with van der Waals surface area (Å²) in [5.74, 6) is 0.491. The first kappa shape index (κ1) is 34.4. The Labute approximate surface area is 336 Å². The summed E-state index contributed by atoms with van der Waals surface area (Å²) in [5, 5.41) is 8.73. The lowest BCUT2D eigenvalue weighted by molar-refractivity contribution is 1.26. The number of nitrogens with two attached hydrogens (primary N) is 1. The molecule has 0 spiro atoms. The minimum absolute atomic E-state index is 0.491. The van der Waals surface area contributed by atoms with Gasteiger partial charge in [-0.2, -0.15) is 0 Å². The highest BCUT2D eigenvalue weighted by Gasteiger charge is 2.19. The molecule has 0 unspecified atom stereocenters. The molecule has 0 aliphatic carbocycles. The molecule has 3 heteroatoms. The minimum atomic E-state index is 0.491. The first-order valence-electron chi connectivity index (χ1n) is 19.4. The number of amidine groups is 1. The molecule has 0 atom stereocenters. The molecule has 0 amide bonds. The maximum Gasteiger partial charge on any atom is 0.131 e. The van der Waals surface area contributed by atoms with Crippen molar-refractivity contribution in [2.75, 3.05) is 0 Å². The van der Waals surface area contributed by atoms with Gasteiger partial charge >= 0.3 is 0 Å². The van der Waals surface area contributed by atoms with Crippen molar-refractivity contribution in [1.29, 1.82) is 0 Å². The zero-order valence-corrected chi connectivity index (χ0v) is 32.1. The average molecular weight is 747 g/mol. The molecule has 0 saturated heterocycles. The van der Waals surface area contributed by atoms with E-state index in [1.807, 2.05) is 41.7 Å². The summed E-state index contributed by atoms with van der Waals surface area (Å²) in [6.07, 6.45) is 2.92. The van der Waals surface area contributed by atoms with E-state index in [9.17, 15) is 0 Å². The molecule has 1 heterocycles. The van der Waals surface area contributed by atoms with Gasteiger partial charge in [0.15, 0.2) is 0 Å². The lowest BCUT2D eigenvalue weighted by Gasteiger charge is -2.19. The van der Waals surface area contributed by atoms with E-state index < -0.39 is 0 Å². The van der Waals surface area contributed by atoms with Gasteiger partial charge in [-0.25, -0.2) is 4.99 Å².